The van der Waals surface area contributed by atoms with Gasteiger partial charge < -0.3 is 29.9 Å². The monoisotopic (exact) mass is 416 g/mol. The van der Waals surface area contributed by atoms with Gasteiger partial charge in [-0.2, -0.15) is 0 Å². The van der Waals surface area contributed by atoms with Gasteiger partial charge in [0.25, 0.3) is 0 Å². The Kier molecular flexibility index (Phi) is 5.76. The van der Waals surface area contributed by atoms with Crippen molar-refractivity contribution in [2.24, 2.45) is 0 Å². The van der Waals surface area contributed by atoms with Crippen LogP contribution in [-0.4, -0.2) is 52.5 Å². The van der Waals surface area contributed by atoms with Crippen LogP contribution in [0.15, 0.2) is 42.5 Å². The highest BCUT2D eigenvalue weighted by Gasteiger charge is 2.39. The van der Waals surface area contributed by atoms with Crippen molar-refractivity contribution in [3.05, 3.63) is 58.5 Å². The van der Waals surface area contributed by atoms with Gasteiger partial charge >= 0.3 is 0 Å². The van der Waals surface area contributed by atoms with Gasteiger partial charge in [0, 0.05) is 34.0 Å². The predicted molar refractivity (Wildman–Crippen MR) is 111 cm³/mol. The average Bonchev–Trinajstić information content (AvgIpc) is 3.13. The van der Waals surface area contributed by atoms with Crippen molar-refractivity contribution >= 4 is 21.4 Å². The maximum atomic E-state index is 10.5. The highest BCUT2D eigenvalue weighted by atomic mass is 32.1. The molecule has 2 heterocycles. The molecule has 0 amide bonds. The summed E-state index contributed by atoms with van der Waals surface area (Å²) in [6.45, 7) is -0.272. The first-order chi connectivity index (χ1) is 14.0. The number of fused-ring (bicyclic) bond motifs is 1. The molecule has 0 saturated carbocycles. The molecule has 1 aliphatic heterocycles. The number of methoxy groups -OCH3 is 1. The van der Waals surface area contributed by atoms with E-state index in [0.29, 0.717) is 17.7 Å². The van der Waals surface area contributed by atoms with Gasteiger partial charge in [0.1, 0.15) is 23.7 Å². The fourth-order valence-corrected chi connectivity index (χ4v) is 4.92. The summed E-state index contributed by atoms with van der Waals surface area (Å²) in [7, 11) is 1.54. The Morgan fingerprint density at radius 1 is 1.17 bits per heavy atom. The van der Waals surface area contributed by atoms with E-state index in [1.165, 1.54) is 16.2 Å². The lowest BCUT2D eigenvalue weighted by Gasteiger charge is -2.37. The Bertz CT molecular complexity index is 967. The predicted octanol–water partition coefficient (Wildman–Crippen LogP) is 2.75. The molecular formula is C22H24O6S. The number of rotatable bonds is 5. The minimum absolute atomic E-state index is 0.0863. The first kappa shape index (κ1) is 20.1. The third-order valence-corrected chi connectivity index (χ3v) is 6.45. The van der Waals surface area contributed by atoms with Crippen LogP contribution in [-0.2, 0) is 11.2 Å². The smallest absolute Gasteiger partial charge is 0.126 e. The number of ether oxygens (including phenoxy) is 2. The molecule has 4 atom stereocenters. The molecule has 0 spiro atoms. The minimum Gasteiger partial charge on any atom is -0.507 e. The standard InChI is InChI=1S/C22H24O6S/c1-27-19-10-17(24)16(22-21(26)18(25)9-14(11-23)28-22)8-13(19)7-15-6-12-4-2-3-5-20(12)29-15/h2-6,8,10,14,18,21-26H,7,9,11H2,1H3. The molecule has 0 aliphatic carbocycles. The highest BCUT2D eigenvalue weighted by Crippen LogP contribution is 2.40. The van der Waals surface area contributed by atoms with Crippen molar-refractivity contribution in [2.45, 2.75) is 37.3 Å². The molecule has 4 unspecified atom stereocenters. The summed E-state index contributed by atoms with van der Waals surface area (Å²) >= 11 is 1.69. The minimum atomic E-state index is -1.20. The van der Waals surface area contributed by atoms with E-state index in [-0.39, 0.29) is 18.8 Å². The Balaban J connectivity index is 1.70. The van der Waals surface area contributed by atoms with E-state index in [1.807, 2.05) is 12.1 Å². The van der Waals surface area contributed by atoms with Crippen LogP contribution in [0, 0.1) is 0 Å². The zero-order valence-electron chi connectivity index (χ0n) is 16.0. The Hall–Kier alpha value is -2.16. The molecule has 1 aromatic heterocycles. The quantitative estimate of drug-likeness (QED) is 0.511. The SMILES string of the molecule is COc1cc(O)c(C2OC(CO)CC(O)C2O)cc1Cc1cc2ccccc2s1. The fourth-order valence-electron chi connectivity index (χ4n) is 3.83. The molecule has 0 radical (unpaired) electrons. The van der Waals surface area contributed by atoms with E-state index < -0.39 is 24.4 Å². The Morgan fingerprint density at radius 3 is 2.69 bits per heavy atom. The van der Waals surface area contributed by atoms with Gasteiger partial charge in [0.2, 0.25) is 0 Å². The number of hydrogen-bond donors (Lipinski definition) is 4. The maximum absolute atomic E-state index is 10.5. The second kappa shape index (κ2) is 8.30. The number of hydrogen-bond acceptors (Lipinski definition) is 7. The second-order valence-corrected chi connectivity index (χ2v) is 8.47. The number of aromatic hydroxyl groups is 1. The summed E-state index contributed by atoms with van der Waals surface area (Å²) in [5.74, 6) is 0.449. The molecule has 2 aromatic carbocycles. The Morgan fingerprint density at radius 2 is 1.97 bits per heavy atom. The molecule has 3 aromatic rings. The summed E-state index contributed by atoms with van der Waals surface area (Å²) < 4.78 is 12.4. The van der Waals surface area contributed by atoms with Crippen molar-refractivity contribution in [3.63, 3.8) is 0 Å². The van der Waals surface area contributed by atoms with Crippen molar-refractivity contribution < 1.29 is 29.9 Å². The molecule has 4 rings (SSSR count). The van der Waals surface area contributed by atoms with Gasteiger partial charge in [-0.3, -0.25) is 0 Å². The van der Waals surface area contributed by atoms with Crippen LogP contribution in [0.25, 0.3) is 10.1 Å². The van der Waals surface area contributed by atoms with Crippen LogP contribution in [0.2, 0.25) is 0 Å². The number of phenolic OH excluding ortho intramolecular Hbond substituents is 1. The maximum Gasteiger partial charge on any atom is 0.126 e. The van der Waals surface area contributed by atoms with Crippen molar-refractivity contribution in [1.82, 2.24) is 0 Å². The molecule has 1 fully saturated rings. The molecular weight excluding hydrogens is 392 g/mol. The summed E-state index contributed by atoms with van der Waals surface area (Å²) in [6, 6.07) is 13.5. The molecule has 4 N–H and O–H groups in total. The lowest BCUT2D eigenvalue weighted by atomic mass is 9.91. The lowest BCUT2D eigenvalue weighted by Crippen LogP contribution is -2.44. The molecule has 1 aliphatic rings. The normalized spacial score (nSPS) is 24.7. The molecule has 154 valence electrons. The van der Waals surface area contributed by atoms with Gasteiger partial charge in [-0.25, -0.2) is 0 Å². The van der Waals surface area contributed by atoms with Crippen LogP contribution in [0.3, 0.4) is 0 Å². The van der Waals surface area contributed by atoms with Crippen LogP contribution in [0.1, 0.15) is 28.5 Å². The fraction of sp³-hybridized carbons (Fsp3) is 0.364. The van der Waals surface area contributed by atoms with Crippen LogP contribution in [0.4, 0.5) is 0 Å². The van der Waals surface area contributed by atoms with Crippen LogP contribution in [0.5, 0.6) is 11.5 Å². The molecule has 0 bridgehead atoms. The van der Waals surface area contributed by atoms with Crippen LogP contribution >= 0.6 is 11.3 Å². The second-order valence-electron chi connectivity index (χ2n) is 7.31. The highest BCUT2D eigenvalue weighted by molar-refractivity contribution is 7.19. The summed E-state index contributed by atoms with van der Waals surface area (Å²) in [5.41, 5.74) is 1.20. The number of aliphatic hydroxyl groups excluding tert-OH is 3. The number of phenols is 1. The number of aliphatic hydroxyl groups is 3. The van der Waals surface area contributed by atoms with Gasteiger partial charge in [-0.05, 0) is 29.1 Å². The topological polar surface area (TPSA) is 99.4 Å². The van der Waals surface area contributed by atoms with E-state index in [0.717, 1.165) is 10.4 Å². The average molecular weight is 416 g/mol. The first-order valence-corrected chi connectivity index (χ1v) is 10.3. The zero-order valence-corrected chi connectivity index (χ0v) is 16.8. The largest absolute Gasteiger partial charge is 0.507 e. The van der Waals surface area contributed by atoms with Crippen molar-refractivity contribution in [2.75, 3.05) is 13.7 Å². The van der Waals surface area contributed by atoms with Gasteiger partial charge in [0.05, 0.1) is 25.9 Å². The van der Waals surface area contributed by atoms with E-state index in [1.54, 1.807) is 24.5 Å². The lowest BCUT2D eigenvalue weighted by molar-refractivity contribution is -0.180. The first-order valence-electron chi connectivity index (χ1n) is 9.49. The molecule has 7 heteroatoms. The van der Waals surface area contributed by atoms with E-state index in [2.05, 4.69) is 18.2 Å². The number of thiophene rings is 1. The van der Waals surface area contributed by atoms with Crippen LogP contribution < -0.4 is 4.74 Å². The summed E-state index contributed by atoms with van der Waals surface area (Å²) in [6.07, 6.45) is -3.06. The van der Waals surface area contributed by atoms with Gasteiger partial charge in [0.15, 0.2) is 0 Å². The third-order valence-electron chi connectivity index (χ3n) is 5.33. The Labute approximate surface area is 172 Å². The van der Waals surface area contributed by atoms with Crippen molar-refractivity contribution in [1.29, 1.82) is 0 Å². The molecule has 6 nitrogen and oxygen atoms in total. The zero-order chi connectivity index (χ0) is 20.5. The number of benzene rings is 2. The summed E-state index contributed by atoms with van der Waals surface area (Å²) in [5, 5.41) is 41.7. The van der Waals surface area contributed by atoms with E-state index in [4.69, 9.17) is 9.47 Å². The third kappa shape index (κ3) is 3.97. The summed E-state index contributed by atoms with van der Waals surface area (Å²) in [4.78, 5) is 1.14. The van der Waals surface area contributed by atoms with E-state index in [9.17, 15) is 20.4 Å². The van der Waals surface area contributed by atoms with Crippen molar-refractivity contribution in [3.8, 4) is 11.5 Å². The molecule has 29 heavy (non-hydrogen) atoms. The van der Waals surface area contributed by atoms with E-state index >= 15 is 0 Å². The van der Waals surface area contributed by atoms with Gasteiger partial charge in [-0.15, -0.1) is 11.3 Å². The van der Waals surface area contributed by atoms with Gasteiger partial charge in [-0.1, -0.05) is 18.2 Å². The molecule has 1 saturated heterocycles.